The van der Waals surface area contributed by atoms with Gasteiger partial charge in [-0.3, -0.25) is 4.79 Å². The van der Waals surface area contributed by atoms with Crippen LogP contribution in [0.15, 0.2) is 24.3 Å². The summed E-state index contributed by atoms with van der Waals surface area (Å²) in [6, 6.07) is 7.94. The SMILES string of the molecule is CC(O)C(=O)Nc1cccc(N(C)C(C)C)c1. The Hall–Kier alpha value is -1.55. The van der Waals surface area contributed by atoms with Crippen molar-refractivity contribution in [2.75, 3.05) is 17.3 Å². The monoisotopic (exact) mass is 236 g/mol. The molecule has 2 N–H and O–H groups in total. The van der Waals surface area contributed by atoms with Gasteiger partial charge in [0, 0.05) is 24.5 Å². The first kappa shape index (κ1) is 13.5. The van der Waals surface area contributed by atoms with Gasteiger partial charge in [-0.2, -0.15) is 0 Å². The molecule has 0 bridgehead atoms. The zero-order valence-corrected chi connectivity index (χ0v) is 10.8. The van der Waals surface area contributed by atoms with Crippen molar-refractivity contribution < 1.29 is 9.90 Å². The maximum absolute atomic E-state index is 11.4. The number of aliphatic hydroxyl groups is 1. The first-order valence-electron chi connectivity index (χ1n) is 5.73. The molecule has 0 saturated heterocycles. The van der Waals surface area contributed by atoms with Crippen LogP contribution >= 0.6 is 0 Å². The summed E-state index contributed by atoms with van der Waals surface area (Å²) < 4.78 is 0. The molecule has 1 aromatic carbocycles. The topological polar surface area (TPSA) is 52.6 Å². The third-order valence-electron chi connectivity index (χ3n) is 2.68. The zero-order chi connectivity index (χ0) is 13.0. The van der Waals surface area contributed by atoms with E-state index in [9.17, 15) is 4.79 Å². The Morgan fingerprint density at radius 2 is 2.00 bits per heavy atom. The number of carbonyl (C=O) groups excluding carboxylic acids is 1. The van der Waals surface area contributed by atoms with E-state index in [-0.39, 0.29) is 0 Å². The van der Waals surface area contributed by atoms with E-state index in [1.807, 2.05) is 25.2 Å². The minimum atomic E-state index is -0.999. The van der Waals surface area contributed by atoms with E-state index in [2.05, 4.69) is 24.1 Å². The van der Waals surface area contributed by atoms with E-state index in [1.165, 1.54) is 6.92 Å². The van der Waals surface area contributed by atoms with Gasteiger partial charge in [0.05, 0.1) is 0 Å². The summed E-state index contributed by atoms with van der Waals surface area (Å²) in [6.45, 7) is 5.64. The second kappa shape index (κ2) is 5.68. The fourth-order valence-electron chi connectivity index (χ4n) is 1.35. The number of anilines is 2. The van der Waals surface area contributed by atoms with Gasteiger partial charge < -0.3 is 15.3 Å². The lowest BCUT2D eigenvalue weighted by Gasteiger charge is -2.24. The fourth-order valence-corrected chi connectivity index (χ4v) is 1.35. The molecule has 17 heavy (non-hydrogen) atoms. The summed E-state index contributed by atoms with van der Waals surface area (Å²) in [5.74, 6) is -0.394. The highest BCUT2D eigenvalue weighted by atomic mass is 16.3. The van der Waals surface area contributed by atoms with E-state index >= 15 is 0 Å². The molecule has 1 unspecified atom stereocenters. The predicted molar refractivity (Wildman–Crippen MR) is 70.3 cm³/mol. The molecule has 0 aliphatic heterocycles. The van der Waals surface area contributed by atoms with Crippen LogP contribution in [0.2, 0.25) is 0 Å². The second-order valence-corrected chi connectivity index (χ2v) is 4.42. The molecule has 4 nitrogen and oxygen atoms in total. The summed E-state index contributed by atoms with van der Waals surface area (Å²) in [5.41, 5.74) is 1.73. The Morgan fingerprint density at radius 3 is 2.53 bits per heavy atom. The average molecular weight is 236 g/mol. The molecule has 0 aromatic heterocycles. The maximum atomic E-state index is 11.4. The number of nitrogens with one attached hydrogen (secondary N) is 1. The summed E-state index contributed by atoms with van der Waals surface area (Å²) in [4.78, 5) is 13.5. The lowest BCUT2D eigenvalue weighted by Crippen LogP contribution is -2.26. The fraction of sp³-hybridized carbons (Fsp3) is 0.462. The Labute approximate surface area is 102 Å². The van der Waals surface area contributed by atoms with E-state index < -0.39 is 12.0 Å². The van der Waals surface area contributed by atoms with Crippen LogP contribution in [0.3, 0.4) is 0 Å². The van der Waals surface area contributed by atoms with Gasteiger partial charge in [0.15, 0.2) is 0 Å². The molecule has 0 aliphatic rings. The summed E-state index contributed by atoms with van der Waals surface area (Å²) in [6.07, 6.45) is -0.999. The standard InChI is InChI=1S/C13H20N2O2/c1-9(2)15(4)12-7-5-6-11(8-12)14-13(17)10(3)16/h5-10,16H,1-4H3,(H,14,17). The van der Waals surface area contributed by atoms with Crippen molar-refractivity contribution in [3.05, 3.63) is 24.3 Å². The summed E-state index contributed by atoms with van der Waals surface area (Å²) >= 11 is 0. The number of hydrogen-bond acceptors (Lipinski definition) is 3. The normalized spacial score (nSPS) is 12.4. The Bertz CT molecular complexity index is 389. The highest BCUT2D eigenvalue weighted by molar-refractivity contribution is 5.94. The number of carbonyl (C=O) groups is 1. The molecule has 1 atom stereocenters. The molecule has 0 aliphatic carbocycles. The van der Waals surface area contributed by atoms with Crippen LogP contribution < -0.4 is 10.2 Å². The molecule has 0 spiro atoms. The van der Waals surface area contributed by atoms with Gasteiger partial charge in [-0.15, -0.1) is 0 Å². The Balaban J connectivity index is 2.83. The molecule has 1 amide bonds. The van der Waals surface area contributed by atoms with Crippen molar-refractivity contribution >= 4 is 17.3 Å². The van der Waals surface area contributed by atoms with Crippen molar-refractivity contribution in [2.24, 2.45) is 0 Å². The Kier molecular flexibility index (Phi) is 4.52. The van der Waals surface area contributed by atoms with E-state index in [0.29, 0.717) is 11.7 Å². The van der Waals surface area contributed by atoms with Gasteiger partial charge in [0.1, 0.15) is 6.10 Å². The van der Waals surface area contributed by atoms with Crippen LogP contribution in [-0.4, -0.2) is 30.2 Å². The van der Waals surface area contributed by atoms with Crippen LogP contribution in [0.25, 0.3) is 0 Å². The van der Waals surface area contributed by atoms with Crippen molar-refractivity contribution in [1.29, 1.82) is 0 Å². The number of aliphatic hydroxyl groups excluding tert-OH is 1. The smallest absolute Gasteiger partial charge is 0.252 e. The highest BCUT2D eigenvalue weighted by Crippen LogP contribution is 2.20. The molecule has 0 radical (unpaired) electrons. The third-order valence-corrected chi connectivity index (χ3v) is 2.68. The molecule has 4 heteroatoms. The Morgan fingerprint density at radius 1 is 1.35 bits per heavy atom. The van der Waals surface area contributed by atoms with Crippen molar-refractivity contribution in [2.45, 2.75) is 32.9 Å². The number of nitrogens with zero attached hydrogens (tertiary/aromatic N) is 1. The number of amides is 1. The molecule has 1 aromatic rings. The first-order valence-corrected chi connectivity index (χ1v) is 5.73. The third kappa shape index (κ3) is 3.75. The molecule has 94 valence electrons. The van der Waals surface area contributed by atoms with Crippen molar-refractivity contribution in [3.8, 4) is 0 Å². The minimum absolute atomic E-state index is 0.387. The minimum Gasteiger partial charge on any atom is -0.384 e. The van der Waals surface area contributed by atoms with Gasteiger partial charge in [0.25, 0.3) is 5.91 Å². The van der Waals surface area contributed by atoms with E-state index in [4.69, 9.17) is 5.11 Å². The van der Waals surface area contributed by atoms with Crippen LogP contribution in [-0.2, 0) is 4.79 Å². The lowest BCUT2D eigenvalue weighted by molar-refractivity contribution is -0.123. The van der Waals surface area contributed by atoms with Crippen LogP contribution in [0, 0.1) is 0 Å². The predicted octanol–water partition coefficient (Wildman–Crippen LogP) is 1.85. The van der Waals surface area contributed by atoms with Gasteiger partial charge in [0.2, 0.25) is 0 Å². The van der Waals surface area contributed by atoms with E-state index in [0.717, 1.165) is 5.69 Å². The lowest BCUT2D eigenvalue weighted by atomic mass is 10.2. The molecular formula is C13H20N2O2. The van der Waals surface area contributed by atoms with Crippen LogP contribution in [0.1, 0.15) is 20.8 Å². The molecule has 0 fully saturated rings. The quantitative estimate of drug-likeness (QED) is 0.839. The highest BCUT2D eigenvalue weighted by Gasteiger charge is 2.10. The van der Waals surface area contributed by atoms with E-state index in [1.54, 1.807) is 6.07 Å². The summed E-state index contributed by atoms with van der Waals surface area (Å²) in [5, 5.41) is 11.8. The molecule has 1 rings (SSSR count). The second-order valence-electron chi connectivity index (χ2n) is 4.42. The van der Waals surface area contributed by atoms with Crippen LogP contribution in [0.4, 0.5) is 11.4 Å². The van der Waals surface area contributed by atoms with Crippen molar-refractivity contribution in [1.82, 2.24) is 0 Å². The summed E-state index contributed by atoms with van der Waals surface area (Å²) in [7, 11) is 2.00. The zero-order valence-electron chi connectivity index (χ0n) is 10.8. The van der Waals surface area contributed by atoms with Gasteiger partial charge in [-0.1, -0.05) is 6.07 Å². The van der Waals surface area contributed by atoms with Crippen LogP contribution in [0.5, 0.6) is 0 Å². The number of benzene rings is 1. The largest absolute Gasteiger partial charge is 0.384 e. The van der Waals surface area contributed by atoms with Gasteiger partial charge >= 0.3 is 0 Å². The van der Waals surface area contributed by atoms with Gasteiger partial charge in [-0.05, 0) is 39.0 Å². The number of rotatable bonds is 4. The number of hydrogen-bond donors (Lipinski definition) is 2. The maximum Gasteiger partial charge on any atom is 0.252 e. The molecule has 0 saturated carbocycles. The first-order chi connectivity index (χ1) is 7.91. The van der Waals surface area contributed by atoms with Crippen molar-refractivity contribution in [3.63, 3.8) is 0 Å². The van der Waals surface area contributed by atoms with Gasteiger partial charge in [-0.25, -0.2) is 0 Å². The molecular weight excluding hydrogens is 216 g/mol. The molecule has 0 heterocycles. The average Bonchev–Trinajstić information content (AvgIpc) is 2.28.